The van der Waals surface area contributed by atoms with E-state index in [1.54, 1.807) is 37.3 Å². The van der Waals surface area contributed by atoms with Crippen LogP contribution in [0.3, 0.4) is 0 Å². The number of hydrogen-bond acceptors (Lipinski definition) is 6. The highest BCUT2D eigenvalue weighted by atomic mass is 32.2. The molecule has 33 heavy (non-hydrogen) atoms. The number of rotatable bonds is 5. The van der Waals surface area contributed by atoms with Crippen molar-refractivity contribution in [3.8, 4) is 0 Å². The van der Waals surface area contributed by atoms with E-state index >= 15 is 0 Å². The van der Waals surface area contributed by atoms with E-state index in [1.165, 1.54) is 11.8 Å². The lowest BCUT2D eigenvalue weighted by Gasteiger charge is -2.43. The largest absolute Gasteiger partial charge is 0.462 e. The molecule has 9 heteroatoms. The number of carbonyl (C=O) groups excluding carboxylic acids is 2. The molecule has 2 bridgehead atoms. The minimum absolute atomic E-state index is 0.0631. The van der Waals surface area contributed by atoms with E-state index in [9.17, 15) is 14.4 Å². The summed E-state index contributed by atoms with van der Waals surface area (Å²) in [5.41, 5.74) is 2.19. The number of thiocarbonyl (C=S) groups is 1. The number of piperidine rings is 1. The molecule has 0 aliphatic carbocycles. The van der Waals surface area contributed by atoms with E-state index in [1.807, 2.05) is 23.6 Å². The van der Waals surface area contributed by atoms with E-state index in [-0.39, 0.29) is 28.6 Å². The molecule has 1 saturated heterocycles. The van der Waals surface area contributed by atoms with Gasteiger partial charge in [-0.1, -0.05) is 30.0 Å². The Kier molecular flexibility index (Phi) is 7.19. The van der Waals surface area contributed by atoms with E-state index in [0.717, 1.165) is 25.2 Å². The minimum Gasteiger partial charge on any atom is -0.462 e. The number of nitrogens with one attached hydrogen (secondary N) is 1. The molecule has 0 radical (unpaired) electrons. The van der Waals surface area contributed by atoms with Gasteiger partial charge in [-0.25, -0.2) is 4.79 Å². The van der Waals surface area contributed by atoms with Gasteiger partial charge in [0.1, 0.15) is 4.32 Å². The summed E-state index contributed by atoms with van der Waals surface area (Å²) in [6, 6.07) is 12.1. The standard InChI is InChI=1S/C24H27N3O4S2/c1-3-31-23(30)17-7-9-19(10-8-17)25-22(29)15(2)33-24(32)26-12-16-11-18(14-26)20-5-4-6-21(28)27(20)13-16/h4-10,15-16,18H,3,11-14H2,1-2H3,(H,25,29)/t15-,16+,18-/m0/s1. The number of esters is 1. The van der Waals surface area contributed by atoms with Crippen molar-refractivity contribution in [2.45, 2.75) is 38.0 Å². The molecule has 1 aromatic carbocycles. The maximum absolute atomic E-state index is 12.7. The van der Waals surface area contributed by atoms with Gasteiger partial charge in [0.05, 0.1) is 17.4 Å². The first-order valence-electron chi connectivity index (χ1n) is 11.1. The second-order valence-electron chi connectivity index (χ2n) is 8.42. The summed E-state index contributed by atoms with van der Waals surface area (Å²) >= 11 is 7.07. The van der Waals surface area contributed by atoms with Gasteiger partial charge in [0.25, 0.3) is 5.56 Å². The van der Waals surface area contributed by atoms with Crippen molar-refractivity contribution in [2.24, 2.45) is 5.92 Å². The zero-order chi connectivity index (χ0) is 23.5. The zero-order valence-corrected chi connectivity index (χ0v) is 20.3. The maximum Gasteiger partial charge on any atom is 0.338 e. The third-order valence-corrected chi connectivity index (χ3v) is 7.62. The maximum atomic E-state index is 12.7. The summed E-state index contributed by atoms with van der Waals surface area (Å²) in [4.78, 5) is 38.9. The summed E-state index contributed by atoms with van der Waals surface area (Å²) in [7, 11) is 0. The summed E-state index contributed by atoms with van der Waals surface area (Å²) < 4.78 is 7.58. The number of nitrogens with zero attached hydrogens (tertiary/aromatic N) is 2. The predicted molar refractivity (Wildman–Crippen MR) is 134 cm³/mol. The predicted octanol–water partition coefficient (Wildman–Crippen LogP) is 3.49. The number of likely N-dealkylation sites (tertiary alicyclic amines) is 1. The molecule has 0 saturated carbocycles. The van der Waals surface area contributed by atoms with Gasteiger partial charge in [0.15, 0.2) is 0 Å². The number of aromatic nitrogens is 1. The van der Waals surface area contributed by atoms with Crippen molar-refractivity contribution in [1.82, 2.24) is 9.47 Å². The van der Waals surface area contributed by atoms with Crippen LogP contribution in [0.25, 0.3) is 0 Å². The third-order valence-electron chi connectivity index (χ3n) is 6.05. The van der Waals surface area contributed by atoms with Crippen molar-refractivity contribution >= 4 is 45.9 Å². The highest BCUT2D eigenvalue weighted by molar-refractivity contribution is 8.23. The van der Waals surface area contributed by atoms with Crippen LogP contribution in [0, 0.1) is 5.92 Å². The monoisotopic (exact) mass is 485 g/mol. The molecule has 1 aromatic heterocycles. The topological polar surface area (TPSA) is 80.6 Å². The van der Waals surface area contributed by atoms with E-state index in [0.29, 0.717) is 34.6 Å². The van der Waals surface area contributed by atoms with Crippen molar-refractivity contribution in [2.75, 3.05) is 25.0 Å². The van der Waals surface area contributed by atoms with Gasteiger partial charge in [-0.15, -0.1) is 0 Å². The first kappa shape index (κ1) is 23.5. The Morgan fingerprint density at radius 2 is 1.94 bits per heavy atom. The van der Waals surface area contributed by atoms with Gasteiger partial charge < -0.3 is 19.5 Å². The fraction of sp³-hybridized carbons (Fsp3) is 0.417. The molecule has 0 unspecified atom stereocenters. The number of benzene rings is 1. The van der Waals surface area contributed by atoms with Crippen LogP contribution in [0.15, 0.2) is 47.3 Å². The minimum atomic E-state index is -0.386. The molecule has 2 aliphatic heterocycles. The van der Waals surface area contributed by atoms with Crippen LogP contribution in [0.4, 0.5) is 5.69 Å². The zero-order valence-electron chi connectivity index (χ0n) is 18.7. The van der Waals surface area contributed by atoms with Gasteiger partial charge in [-0.2, -0.15) is 0 Å². The van der Waals surface area contributed by atoms with Crippen molar-refractivity contribution in [1.29, 1.82) is 0 Å². The Bertz CT molecular complexity index is 1120. The van der Waals surface area contributed by atoms with Crippen LogP contribution in [-0.2, 0) is 16.1 Å². The number of ether oxygens (including phenoxy) is 1. The number of pyridine rings is 1. The van der Waals surface area contributed by atoms with Crippen LogP contribution in [0.1, 0.15) is 42.2 Å². The molecule has 1 amide bonds. The fourth-order valence-electron chi connectivity index (χ4n) is 4.47. The van der Waals surface area contributed by atoms with Gasteiger partial charge in [0.2, 0.25) is 5.91 Å². The molecule has 2 aromatic rings. The number of thioether (sulfide) groups is 1. The van der Waals surface area contributed by atoms with Crippen LogP contribution < -0.4 is 10.9 Å². The molecular weight excluding hydrogens is 458 g/mol. The number of anilines is 1. The molecule has 7 nitrogen and oxygen atoms in total. The Balaban J connectivity index is 1.34. The SMILES string of the molecule is CCOC(=O)c1ccc(NC(=O)[C@H](C)SC(=S)N2C[C@H]3C[C@@H](C2)c2cccc(=O)n2C3)cc1. The number of amides is 1. The summed E-state index contributed by atoms with van der Waals surface area (Å²) in [5.74, 6) is 0.104. The molecule has 174 valence electrons. The van der Waals surface area contributed by atoms with E-state index < -0.39 is 0 Å². The van der Waals surface area contributed by atoms with Gasteiger partial charge in [-0.05, 0) is 56.5 Å². The molecule has 1 N–H and O–H groups in total. The molecule has 2 aliphatic rings. The van der Waals surface area contributed by atoms with Crippen molar-refractivity contribution < 1.29 is 14.3 Å². The third kappa shape index (κ3) is 5.30. The number of fused-ring (bicyclic) bond motifs is 4. The van der Waals surface area contributed by atoms with Crippen molar-refractivity contribution in [3.05, 3.63) is 64.1 Å². The summed E-state index contributed by atoms with van der Waals surface area (Å²) in [5, 5.41) is 2.50. The molecule has 4 rings (SSSR count). The first-order valence-corrected chi connectivity index (χ1v) is 12.4. The van der Waals surface area contributed by atoms with Gasteiger partial charge in [-0.3, -0.25) is 9.59 Å². The van der Waals surface area contributed by atoms with Crippen molar-refractivity contribution in [3.63, 3.8) is 0 Å². The van der Waals surface area contributed by atoms with Gasteiger partial charge in [0, 0.05) is 43.0 Å². The lowest BCUT2D eigenvalue weighted by Crippen LogP contribution is -2.48. The lowest BCUT2D eigenvalue weighted by atomic mass is 9.83. The summed E-state index contributed by atoms with van der Waals surface area (Å²) in [6.07, 6.45) is 1.06. The number of hydrogen-bond donors (Lipinski definition) is 1. The molecule has 3 atom stereocenters. The fourth-order valence-corrected chi connectivity index (χ4v) is 5.82. The first-order chi connectivity index (χ1) is 15.9. The second-order valence-corrected chi connectivity index (χ2v) is 10.4. The normalized spacial score (nSPS) is 19.9. The Morgan fingerprint density at radius 1 is 1.18 bits per heavy atom. The van der Waals surface area contributed by atoms with Crippen LogP contribution >= 0.6 is 24.0 Å². The quantitative estimate of drug-likeness (QED) is 0.513. The highest BCUT2D eigenvalue weighted by Gasteiger charge is 2.35. The molecular formula is C24H27N3O4S2. The average molecular weight is 486 g/mol. The Labute approximate surface area is 202 Å². The molecule has 3 heterocycles. The van der Waals surface area contributed by atoms with E-state index in [4.69, 9.17) is 17.0 Å². The Hall–Kier alpha value is -2.65. The molecule has 0 spiro atoms. The number of carbonyl (C=O) groups is 2. The van der Waals surface area contributed by atoms with E-state index in [2.05, 4.69) is 10.2 Å². The lowest BCUT2D eigenvalue weighted by molar-refractivity contribution is -0.115. The van der Waals surface area contributed by atoms with Crippen LogP contribution in [0.5, 0.6) is 0 Å². The second kappa shape index (κ2) is 10.1. The highest BCUT2D eigenvalue weighted by Crippen LogP contribution is 2.36. The Morgan fingerprint density at radius 3 is 2.67 bits per heavy atom. The van der Waals surface area contributed by atoms with Crippen LogP contribution in [0.2, 0.25) is 0 Å². The summed E-state index contributed by atoms with van der Waals surface area (Å²) in [6.45, 7) is 6.18. The molecule has 1 fully saturated rings. The van der Waals surface area contributed by atoms with Gasteiger partial charge >= 0.3 is 5.97 Å². The average Bonchev–Trinajstić information content (AvgIpc) is 2.80. The smallest absolute Gasteiger partial charge is 0.338 e. The van der Waals surface area contributed by atoms with Crippen LogP contribution in [-0.4, -0.2) is 50.6 Å².